The molecule has 0 N–H and O–H groups in total. The summed E-state index contributed by atoms with van der Waals surface area (Å²) in [7, 11) is -9.39. The summed E-state index contributed by atoms with van der Waals surface area (Å²) in [6, 6.07) is -1.77. The molecule has 0 rings (SSSR count). The van der Waals surface area contributed by atoms with Crippen LogP contribution in [0.15, 0.2) is 0 Å². The van der Waals surface area contributed by atoms with Crippen molar-refractivity contribution in [1.29, 1.82) is 0 Å². The summed E-state index contributed by atoms with van der Waals surface area (Å²) in [6.07, 6.45) is -10.2. The maximum absolute atomic E-state index is 13.5. The summed E-state index contributed by atoms with van der Waals surface area (Å²) in [5.41, 5.74) is 0. The summed E-state index contributed by atoms with van der Waals surface area (Å²) >= 11 is 0. The minimum absolute atomic E-state index is 0.00431. The van der Waals surface area contributed by atoms with Gasteiger partial charge in [-0.2, -0.15) is 26.3 Å². The van der Waals surface area contributed by atoms with Crippen molar-refractivity contribution >= 4 is 58.2 Å². The lowest BCUT2D eigenvalue weighted by Crippen LogP contribution is -2.53. The van der Waals surface area contributed by atoms with E-state index < -0.39 is 73.5 Å². The highest BCUT2D eigenvalue weighted by atomic mass is 28.5. The Labute approximate surface area is 155 Å². The molecule has 25 heavy (non-hydrogen) atoms. The monoisotopic (exact) mass is 480 g/mol. The van der Waals surface area contributed by atoms with E-state index in [1.807, 2.05) is 0 Å². The van der Waals surface area contributed by atoms with Crippen LogP contribution in [-0.4, -0.2) is 70.6 Å². The first kappa shape index (κ1) is 25.4. The van der Waals surface area contributed by atoms with Gasteiger partial charge in [0.15, 0.2) is 9.04 Å². The van der Waals surface area contributed by atoms with Crippen molar-refractivity contribution in [3.63, 3.8) is 0 Å². The molecule has 150 valence electrons. The molecule has 0 bridgehead atoms. The zero-order valence-corrected chi connectivity index (χ0v) is 23.0. The maximum atomic E-state index is 13.5. The van der Waals surface area contributed by atoms with Crippen LogP contribution in [0.4, 0.5) is 26.3 Å². The van der Waals surface area contributed by atoms with E-state index in [4.69, 9.17) is 12.3 Å². The standard InChI is InChI=1S/C8H22F6O5Si6/c1-24(2)19-25(16-20,17-21)4-6(8(12,13)14)5(7(9,10)11)3-22-18-23-15/h5-6,23-24H,3-4,22H2,1-2,20-21H3. The molecule has 2 unspecified atom stereocenters. The van der Waals surface area contributed by atoms with E-state index in [9.17, 15) is 30.8 Å². The van der Waals surface area contributed by atoms with Crippen molar-refractivity contribution in [2.75, 3.05) is 0 Å². The number of alkyl halides is 6. The second-order valence-corrected chi connectivity index (χ2v) is 16.1. The summed E-state index contributed by atoms with van der Waals surface area (Å²) in [5, 5.41) is 0. The Hall–Kier alpha value is 0.361. The Kier molecular flexibility index (Phi) is 10.8. The van der Waals surface area contributed by atoms with Gasteiger partial charge in [0.1, 0.15) is 21.0 Å². The molecule has 0 aliphatic rings. The van der Waals surface area contributed by atoms with Gasteiger partial charge in [-0.05, 0) is 19.1 Å². The summed E-state index contributed by atoms with van der Waals surface area (Å²) in [6.45, 7) is 3.37. The lowest BCUT2D eigenvalue weighted by atomic mass is 9.94. The van der Waals surface area contributed by atoms with Gasteiger partial charge in [0.2, 0.25) is 9.76 Å². The highest BCUT2D eigenvalue weighted by Gasteiger charge is 2.59. The minimum atomic E-state index is -5.10. The van der Waals surface area contributed by atoms with Crippen LogP contribution in [-0.2, 0) is 20.9 Å². The lowest BCUT2D eigenvalue weighted by Gasteiger charge is -2.37. The van der Waals surface area contributed by atoms with Crippen molar-refractivity contribution in [3.8, 4) is 0 Å². The van der Waals surface area contributed by atoms with Crippen molar-refractivity contribution in [2.24, 2.45) is 11.8 Å². The van der Waals surface area contributed by atoms with Crippen LogP contribution in [0.2, 0.25) is 25.2 Å². The van der Waals surface area contributed by atoms with Crippen LogP contribution in [0.5, 0.6) is 0 Å². The van der Waals surface area contributed by atoms with Crippen LogP contribution < -0.4 is 0 Å². The smallest absolute Gasteiger partial charge is 0.472 e. The SMILES string of the molecule is C[SiH](C)O[Si](CC(C(C[SiH2]O[SiH]=O)C(F)(F)F)C(F)(F)F)(O[SiH3])O[SiH3]. The molecule has 0 heterocycles. The van der Waals surface area contributed by atoms with Crippen LogP contribution in [0.25, 0.3) is 0 Å². The van der Waals surface area contributed by atoms with E-state index in [0.29, 0.717) is 0 Å². The Balaban J connectivity index is 5.73. The quantitative estimate of drug-likeness (QED) is 0.218. The number of halogens is 6. The summed E-state index contributed by atoms with van der Waals surface area (Å²) in [4.78, 5) is 0. The third-order valence-electron chi connectivity index (χ3n) is 3.45. The van der Waals surface area contributed by atoms with Crippen LogP contribution in [0.1, 0.15) is 0 Å². The molecule has 5 nitrogen and oxygen atoms in total. The van der Waals surface area contributed by atoms with Gasteiger partial charge >= 0.3 is 30.8 Å². The van der Waals surface area contributed by atoms with E-state index in [2.05, 4.69) is 4.12 Å². The van der Waals surface area contributed by atoms with E-state index in [1.54, 1.807) is 13.1 Å². The highest BCUT2D eigenvalue weighted by Crippen LogP contribution is 2.46. The molecule has 0 aromatic heterocycles. The van der Waals surface area contributed by atoms with Gasteiger partial charge in [-0.1, -0.05) is 0 Å². The van der Waals surface area contributed by atoms with E-state index >= 15 is 0 Å². The molecule has 17 heteroatoms. The minimum Gasteiger partial charge on any atom is -0.585 e. The van der Waals surface area contributed by atoms with Crippen molar-refractivity contribution in [1.82, 2.24) is 0 Å². The van der Waals surface area contributed by atoms with Gasteiger partial charge in [0.05, 0.1) is 11.8 Å². The predicted octanol–water partition coefficient (Wildman–Crippen LogP) is -0.908. The zero-order valence-electron chi connectivity index (χ0n) is 14.2. The zero-order chi connectivity index (χ0) is 19.9. The first-order valence-electron chi connectivity index (χ1n) is 7.29. The molecule has 0 aliphatic carbocycles. The van der Waals surface area contributed by atoms with Gasteiger partial charge in [0.25, 0.3) is 0 Å². The average molecular weight is 481 g/mol. The second kappa shape index (κ2) is 10.6. The van der Waals surface area contributed by atoms with Gasteiger partial charge in [-0.25, -0.2) is 0 Å². The highest BCUT2D eigenvalue weighted by molar-refractivity contribution is 6.74. The molecule has 0 aromatic rings. The number of hydrogen-bond donors (Lipinski definition) is 0. The third-order valence-corrected chi connectivity index (χ3v) is 15.0. The molecule has 2 atom stereocenters. The number of rotatable bonds is 11. The molecular formula is C8H22F6O5Si6. The number of hydrogen-bond acceptors (Lipinski definition) is 5. The van der Waals surface area contributed by atoms with Crippen molar-refractivity contribution in [2.45, 2.75) is 37.5 Å². The molecule has 0 saturated heterocycles. The largest absolute Gasteiger partial charge is 0.585 e. The fourth-order valence-electron chi connectivity index (χ4n) is 2.34. The van der Waals surface area contributed by atoms with Crippen LogP contribution in [0, 0.1) is 11.8 Å². The van der Waals surface area contributed by atoms with Crippen LogP contribution >= 0.6 is 0 Å². The Bertz CT molecular complexity index is 406. The molecule has 0 saturated carbocycles. The molecule has 0 fully saturated rings. The summed E-state index contributed by atoms with van der Waals surface area (Å²) < 4.78 is 111. The summed E-state index contributed by atoms with van der Waals surface area (Å²) in [5.74, 6) is -5.35. The van der Waals surface area contributed by atoms with E-state index in [0.717, 1.165) is 0 Å². The van der Waals surface area contributed by atoms with E-state index in [1.165, 1.54) is 0 Å². The molecule has 0 aliphatic heterocycles. The van der Waals surface area contributed by atoms with Crippen LogP contribution in [0.3, 0.4) is 0 Å². The van der Waals surface area contributed by atoms with Gasteiger partial charge < -0.3 is 20.9 Å². The maximum Gasteiger partial charge on any atom is 0.472 e. The molecule has 0 spiro atoms. The first-order chi connectivity index (χ1) is 11.3. The normalized spacial score (nSPS) is 18.6. The van der Waals surface area contributed by atoms with Gasteiger partial charge in [-0.3, -0.25) is 0 Å². The third kappa shape index (κ3) is 8.73. The Morgan fingerprint density at radius 3 is 1.88 bits per heavy atom. The molecular weight excluding hydrogens is 459 g/mol. The first-order valence-corrected chi connectivity index (χ1v) is 16.2. The second-order valence-electron chi connectivity index (χ2n) is 5.51. The molecule has 0 radical (unpaired) electrons. The average Bonchev–Trinajstić information content (AvgIpc) is 2.46. The Morgan fingerprint density at radius 2 is 1.56 bits per heavy atom. The Morgan fingerprint density at radius 1 is 1.08 bits per heavy atom. The molecule has 0 aromatic carbocycles. The molecule has 0 amide bonds. The van der Waals surface area contributed by atoms with E-state index in [-0.39, 0.29) is 21.0 Å². The lowest BCUT2D eigenvalue weighted by molar-refractivity contribution is -0.246. The van der Waals surface area contributed by atoms with Crippen molar-refractivity contribution < 1.29 is 47.3 Å². The fraction of sp³-hybridized carbons (Fsp3) is 1.00. The fourth-order valence-corrected chi connectivity index (χ4v) is 14.6. The predicted molar refractivity (Wildman–Crippen MR) is 93.9 cm³/mol. The van der Waals surface area contributed by atoms with Gasteiger partial charge in [-0.15, -0.1) is 0 Å². The van der Waals surface area contributed by atoms with Crippen molar-refractivity contribution in [3.05, 3.63) is 0 Å². The topological polar surface area (TPSA) is 54.0 Å². The van der Waals surface area contributed by atoms with Gasteiger partial charge in [0, 0.05) is 6.04 Å².